The molecule has 0 heterocycles. The van der Waals surface area contributed by atoms with Crippen molar-refractivity contribution in [2.75, 3.05) is 0 Å². The van der Waals surface area contributed by atoms with Gasteiger partial charge in [0, 0.05) is 9.79 Å². The minimum atomic E-state index is 1.10. The van der Waals surface area contributed by atoms with E-state index >= 15 is 0 Å². The van der Waals surface area contributed by atoms with Crippen molar-refractivity contribution in [2.45, 2.75) is 50.3 Å². The van der Waals surface area contributed by atoms with Crippen LogP contribution in [0.5, 0.6) is 0 Å². The normalized spacial score (nSPS) is 10.7. The van der Waals surface area contributed by atoms with Crippen molar-refractivity contribution in [1.29, 1.82) is 0 Å². The number of rotatable bonds is 4. The molecular formula is C18H22S. The van der Waals surface area contributed by atoms with Gasteiger partial charge < -0.3 is 0 Å². The van der Waals surface area contributed by atoms with Crippen LogP contribution in [0.3, 0.4) is 0 Å². The van der Waals surface area contributed by atoms with E-state index in [4.69, 9.17) is 0 Å². The monoisotopic (exact) mass is 270 g/mol. The molecule has 2 aromatic carbocycles. The van der Waals surface area contributed by atoms with Gasteiger partial charge in [-0.25, -0.2) is 0 Å². The Morgan fingerprint density at radius 2 is 1.16 bits per heavy atom. The number of hydrogen-bond donors (Lipinski definition) is 0. The van der Waals surface area contributed by atoms with Crippen LogP contribution in [0.4, 0.5) is 0 Å². The molecular weight excluding hydrogens is 248 g/mol. The summed E-state index contributed by atoms with van der Waals surface area (Å²) in [6.07, 6.45) is 2.20. The SMILES string of the molecule is CCc1ccc(C)c(Sc2cc(CC)ccc2C)c1. The molecule has 0 spiro atoms. The third kappa shape index (κ3) is 3.42. The molecule has 0 aromatic heterocycles. The summed E-state index contributed by atoms with van der Waals surface area (Å²) in [7, 11) is 0. The van der Waals surface area contributed by atoms with Gasteiger partial charge in [-0.2, -0.15) is 0 Å². The van der Waals surface area contributed by atoms with Crippen LogP contribution in [0, 0.1) is 13.8 Å². The summed E-state index contributed by atoms with van der Waals surface area (Å²) in [6.45, 7) is 8.81. The molecule has 0 saturated heterocycles. The summed E-state index contributed by atoms with van der Waals surface area (Å²) in [4.78, 5) is 2.77. The van der Waals surface area contributed by atoms with Crippen LogP contribution in [0.25, 0.3) is 0 Å². The summed E-state index contributed by atoms with van der Waals surface area (Å²) < 4.78 is 0. The molecule has 0 aliphatic rings. The second-order valence-electron chi connectivity index (χ2n) is 5.01. The van der Waals surface area contributed by atoms with Crippen LogP contribution < -0.4 is 0 Å². The predicted octanol–water partition coefficient (Wildman–Crippen LogP) is 5.58. The minimum absolute atomic E-state index is 1.10. The fourth-order valence-corrected chi connectivity index (χ4v) is 3.18. The van der Waals surface area contributed by atoms with Gasteiger partial charge in [-0.3, -0.25) is 0 Å². The van der Waals surface area contributed by atoms with Crippen LogP contribution in [-0.4, -0.2) is 0 Å². The third-order valence-electron chi connectivity index (χ3n) is 3.54. The molecule has 2 rings (SSSR count). The maximum absolute atomic E-state index is 2.33. The van der Waals surface area contributed by atoms with E-state index in [1.165, 1.54) is 32.0 Å². The standard InChI is InChI=1S/C18H22S/c1-5-15-9-7-13(3)17(11-15)19-18-12-16(6-2)10-8-14(18)4/h7-12H,5-6H2,1-4H3. The molecule has 1 heteroatoms. The third-order valence-corrected chi connectivity index (χ3v) is 4.86. The molecule has 0 radical (unpaired) electrons. The van der Waals surface area contributed by atoms with Gasteiger partial charge in [0.1, 0.15) is 0 Å². The Hall–Kier alpha value is -1.21. The summed E-state index contributed by atoms with van der Waals surface area (Å²) >= 11 is 1.90. The number of hydrogen-bond acceptors (Lipinski definition) is 1. The first-order chi connectivity index (χ1) is 9.13. The maximum atomic E-state index is 2.33. The fourth-order valence-electron chi connectivity index (χ4n) is 2.07. The minimum Gasteiger partial charge on any atom is -0.0895 e. The topological polar surface area (TPSA) is 0 Å². The molecule has 19 heavy (non-hydrogen) atoms. The first-order valence-corrected chi connectivity index (χ1v) is 7.82. The van der Waals surface area contributed by atoms with Gasteiger partial charge in [0.25, 0.3) is 0 Å². The van der Waals surface area contributed by atoms with Crippen LogP contribution >= 0.6 is 11.8 Å². The molecule has 100 valence electrons. The highest BCUT2D eigenvalue weighted by Crippen LogP contribution is 2.33. The average molecular weight is 270 g/mol. The largest absolute Gasteiger partial charge is 0.0895 e. The molecule has 0 aliphatic carbocycles. The van der Waals surface area contributed by atoms with Crippen LogP contribution in [0.1, 0.15) is 36.1 Å². The van der Waals surface area contributed by atoms with Crippen molar-refractivity contribution in [2.24, 2.45) is 0 Å². The van der Waals surface area contributed by atoms with E-state index in [-0.39, 0.29) is 0 Å². The quantitative estimate of drug-likeness (QED) is 0.699. The molecule has 0 saturated carbocycles. The van der Waals surface area contributed by atoms with E-state index in [2.05, 4.69) is 64.1 Å². The van der Waals surface area contributed by atoms with E-state index in [0.29, 0.717) is 0 Å². The van der Waals surface area contributed by atoms with Crippen molar-refractivity contribution < 1.29 is 0 Å². The zero-order chi connectivity index (χ0) is 13.8. The lowest BCUT2D eigenvalue weighted by Crippen LogP contribution is -1.88. The van der Waals surface area contributed by atoms with Gasteiger partial charge in [-0.05, 0) is 61.1 Å². The van der Waals surface area contributed by atoms with Crippen molar-refractivity contribution in [3.63, 3.8) is 0 Å². The van der Waals surface area contributed by atoms with Gasteiger partial charge in [0.05, 0.1) is 0 Å². The van der Waals surface area contributed by atoms with E-state index in [0.717, 1.165) is 12.8 Å². The zero-order valence-electron chi connectivity index (χ0n) is 12.3. The number of benzene rings is 2. The van der Waals surface area contributed by atoms with Gasteiger partial charge in [-0.15, -0.1) is 0 Å². The highest BCUT2D eigenvalue weighted by atomic mass is 32.2. The Balaban J connectivity index is 2.35. The second kappa shape index (κ2) is 6.29. The van der Waals surface area contributed by atoms with E-state index in [1.807, 2.05) is 11.8 Å². The Kier molecular flexibility index (Phi) is 4.71. The van der Waals surface area contributed by atoms with Crippen molar-refractivity contribution in [3.8, 4) is 0 Å². The molecule has 0 aliphatic heterocycles. The van der Waals surface area contributed by atoms with Crippen molar-refractivity contribution in [1.82, 2.24) is 0 Å². The summed E-state index contributed by atoms with van der Waals surface area (Å²) in [6, 6.07) is 13.6. The molecule has 0 fully saturated rings. The predicted molar refractivity (Wildman–Crippen MR) is 85.2 cm³/mol. The van der Waals surface area contributed by atoms with Crippen LogP contribution in [0.2, 0.25) is 0 Å². The van der Waals surface area contributed by atoms with Gasteiger partial charge >= 0.3 is 0 Å². The summed E-state index contributed by atoms with van der Waals surface area (Å²) in [5, 5.41) is 0. The number of aryl methyl sites for hydroxylation is 4. The molecule has 0 bridgehead atoms. The fraction of sp³-hybridized carbons (Fsp3) is 0.333. The molecule has 0 atom stereocenters. The average Bonchev–Trinajstić information content (AvgIpc) is 2.43. The first-order valence-electron chi connectivity index (χ1n) is 7.01. The lowest BCUT2D eigenvalue weighted by Gasteiger charge is -2.11. The van der Waals surface area contributed by atoms with E-state index in [9.17, 15) is 0 Å². The molecule has 0 N–H and O–H groups in total. The zero-order valence-corrected chi connectivity index (χ0v) is 13.1. The lowest BCUT2D eigenvalue weighted by atomic mass is 10.1. The Morgan fingerprint density at radius 1 is 0.737 bits per heavy atom. The van der Waals surface area contributed by atoms with Crippen LogP contribution in [-0.2, 0) is 12.8 Å². The summed E-state index contributed by atoms with van der Waals surface area (Å²) in [5.74, 6) is 0. The molecule has 2 aromatic rings. The van der Waals surface area contributed by atoms with E-state index in [1.54, 1.807) is 0 Å². The summed E-state index contributed by atoms with van der Waals surface area (Å²) in [5.41, 5.74) is 5.56. The van der Waals surface area contributed by atoms with Gasteiger partial charge in [0.2, 0.25) is 0 Å². The molecule has 0 amide bonds. The Labute approximate surface area is 121 Å². The van der Waals surface area contributed by atoms with Crippen molar-refractivity contribution >= 4 is 11.8 Å². The first kappa shape index (κ1) is 14.2. The lowest BCUT2D eigenvalue weighted by molar-refractivity contribution is 1.10. The maximum Gasteiger partial charge on any atom is 0.0154 e. The van der Waals surface area contributed by atoms with Crippen molar-refractivity contribution in [3.05, 3.63) is 58.7 Å². The van der Waals surface area contributed by atoms with Gasteiger partial charge in [0.15, 0.2) is 0 Å². The van der Waals surface area contributed by atoms with Gasteiger partial charge in [-0.1, -0.05) is 49.9 Å². The Morgan fingerprint density at radius 3 is 1.53 bits per heavy atom. The van der Waals surface area contributed by atoms with E-state index < -0.39 is 0 Å². The highest BCUT2D eigenvalue weighted by molar-refractivity contribution is 7.99. The molecule has 0 unspecified atom stereocenters. The Bertz CT molecular complexity index is 518. The van der Waals surface area contributed by atoms with Crippen LogP contribution in [0.15, 0.2) is 46.2 Å². The highest BCUT2D eigenvalue weighted by Gasteiger charge is 2.06. The molecule has 0 nitrogen and oxygen atoms in total. The smallest absolute Gasteiger partial charge is 0.0154 e. The second-order valence-corrected chi connectivity index (χ2v) is 6.09.